The van der Waals surface area contributed by atoms with Gasteiger partial charge in [-0.3, -0.25) is 9.89 Å². The molecule has 2 aromatic rings. The lowest BCUT2D eigenvalue weighted by molar-refractivity contribution is -0.125. The Labute approximate surface area is 151 Å². The molecule has 3 rings (SSSR count). The third-order valence-corrected chi connectivity index (χ3v) is 4.46. The lowest BCUT2D eigenvalue weighted by atomic mass is 9.77. The average molecular weight is 352 g/mol. The summed E-state index contributed by atoms with van der Waals surface area (Å²) in [5.41, 5.74) is 6.31. The minimum Gasteiger partial charge on any atom is -0.440 e. The van der Waals surface area contributed by atoms with Crippen LogP contribution >= 0.6 is 0 Å². The van der Waals surface area contributed by atoms with Crippen molar-refractivity contribution in [2.45, 2.75) is 38.2 Å². The Bertz CT molecular complexity index is 866. The van der Waals surface area contributed by atoms with E-state index in [-0.39, 0.29) is 18.2 Å². The summed E-state index contributed by atoms with van der Waals surface area (Å²) in [5, 5.41) is 6.14. The van der Waals surface area contributed by atoms with Gasteiger partial charge >= 0.3 is 5.97 Å². The third kappa shape index (κ3) is 4.09. The van der Waals surface area contributed by atoms with Crippen LogP contribution in [0.5, 0.6) is 0 Å². The molecule has 1 saturated carbocycles. The molecule has 1 aliphatic carbocycles. The molecule has 1 amide bonds. The fourth-order valence-electron chi connectivity index (χ4n) is 3.15. The monoisotopic (exact) mass is 352 g/mol. The number of ether oxygens (including phenoxy) is 1. The summed E-state index contributed by atoms with van der Waals surface area (Å²) >= 11 is 0. The summed E-state index contributed by atoms with van der Waals surface area (Å²) < 4.78 is 5.70. The zero-order chi connectivity index (χ0) is 18.6. The molecule has 1 aromatic carbocycles. The van der Waals surface area contributed by atoms with E-state index in [1.54, 1.807) is 0 Å². The van der Waals surface area contributed by atoms with E-state index < -0.39 is 17.5 Å². The summed E-state index contributed by atoms with van der Waals surface area (Å²) in [4.78, 5) is 27.9. The Morgan fingerprint density at radius 3 is 2.96 bits per heavy atom. The normalized spacial score (nSPS) is 22.1. The van der Waals surface area contributed by atoms with Gasteiger partial charge in [-0.2, -0.15) is 5.10 Å². The van der Waals surface area contributed by atoms with E-state index in [0.29, 0.717) is 19.3 Å². The molecule has 1 fully saturated rings. The Balaban J connectivity index is 1.91. The number of aromatic amines is 1. The third-order valence-electron chi connectivity index (χ3n) is 4.46. The second-order valence-corrected chi connectivity index (χ2v) is 6.53. The van der Waals surface area contributed by atoms with Crippen molar-refractivity contribution in [2.24, 2.45) is 11.7 Å². The van der Waals surface area contributed by atoms with E-state index in [2.05, 4.69) is 27.0 Å². The average Bonchev–Trinajstić information content (AvgIpc) is 3.15. The lowest BCUT2D eigenvalue weighted by Gasteiger charge is -2.35. The number of amides is 1. The van der Waals surface area contributed by atoms with Gasteiger partial charge in [0.15, 0.2) is 5.60 Å². The lowest BCUT2D eigenvalue weighted by Crippen LogP contribution is -2.42. The van der Waals surface area contributed by atoms with Gasteiger partial charge in [0.25, 0.3) is 0 Å². The second-order valence-electron chi connectivity index (χ2n) is 6.53. The van der Waals surface area contributed by atoms with Crippen molar-refractivity contribution in [2.75, 3.05) is 0 Å². The van der Waals surface area contributed by atoms with Gasteiger partial charge in [-0.05, 0) is 49.8 Å². The topological polar surface area (TPSA) is 111 Å². The van der Waals surface area contributed by atoms with E-state index in [4.69, 9.17) is 10.5 Å². The Hall–Kier alpha value is -3.14. The Morgan fingerprint density at radius 2 is 2.27 bits per heavy atom. The molecule has 3 N–H and O–H groups in total. The van der Waals surface area contributed by atoms with Crippen molar-refractivity contribution in [3.05, 3.63) is 47.5 Å². The first-order chi connectivity index (χ1) is 12.5. The van der Waals surface area contributed by atoms with Gasteiger partial charge in [-0.1, -0.05) is 18.1 Å². The smallest absolute Gasteiger partial charge is 0.377 e. The molecule has 7 heteroatoms. The van der Waals surface area contributed by atoms with Crippen LogP contribution in [-0.4, -0.2) is 32.7 Å². The van der Waals surface area contributed by atoms with Crippen LogP contribution in [0.4, 0.5) is 0 Å². The number of primary amides is 1. The molecule has 26 heavy (non-hydrogen) atoms. The maximum Gasteiger partial charge on any atom is 0.377 e. The van der Waals surface area contributed by atoms with Crippen molar-refractivity contribution in [1.29, 1.82) is 0 Å². The highest BCUT2D eigenvalue weighted by Crippen LogP contribution is 2.35. The Morgan fingerprint density at radius 1 is 1.42 bits per heavy atom. The minimum atomic E-state index is -1.08. The number of hydrogen-bond donors (Lipinski definition) is 2. The van der Waals surface area contributed by atoms with Crippen LogP contribution in [0.3, 0.4) is 0 Å². The van der Waals surface area contributed by atoms with Gasteiger partial charge in [-0.25, -0.2) is 9.78 Å². The zero-order valence-electron chi connectivity index (χ0n) is 14.5. The number of carbonyl (C=O) groups excluding carboxylic acids is 2. The van der Waals surface area contributed by atoms with E-state index in [1.807, 2.05) is 31.2 Å². The molecule has 0 unspecified atom stereocenters. The van der Waals surface area contributed by atoms with Gasteiger partial charge in [0.2, 0.25) is 11.7 Å². The van der Waals surface area contributed by atoms with Crippen LogP contribution in [0.15, 0.2) is 30.6 Å². The highest BCUT2D eigenvalue weighted by atomic mass is 16.6. The first kappa shape index (κ1) is 17.7. The molecule has 0 bridgehead atoms. The SMILES string of the molecule is Cc1cccc(C#C[C@@]2(OC(=O)c3ncn[nH]3)CCC[C@@H](C(N)=O)C2)c1. The van der Waals surface area contributed by atoms with E-state index in [9.17, 15) is 9.59 Å². The number of aryl methyl sites for hydroxylation is 1. The van der Waals surface area contributed by atoms with Crippen LogP contribution in [0.25, 0.3) is 0 Å². The number of esters is 1. The number of nitrogens with zero attached hydrogens (tertiary/aromatic N) is 2. The summed E-state index contributed by atoms with van der Waals surface area (Å²) in [7, 11) is 0. The van der Waals surface area contributed by atoms with Crippen molar-refractivity contribution in [3.8, 4) is 11.8 Å². The molecule has 0 spiro atoms. The number of nitrogens with one attached hydrogen (secondary N) is 1. The maximum atomic E-state index is 12.4. The van der Waals surface area contributed by atoms with Crippen molar-refractivity contribution >= 4 is 11.9 Å². The molecule has 2 atom stereocenters. The van der Waals surface area contributed by atoms with Gasteiger partial charge in [0, 0.05) is 17.9 Å². The van der Waals surface area contributed by atoms with Crippen LogP contribution in [0.1, 0.15) is 47.4 Å². The number of nitrogens with two attached hydrogens (primary N) is 1. The minimum absolute atomic E-state index is 0.00271. The van der Waals surface area contributed by atoms with Crippen molar-refractivity contribution in [1.82, 2.24) is 15.2 Å². The maximum absolute atomic E-state index is 12.4. The summed E-state index contributed by atoms with van der Waals surface area (Å²) in [5.74, 6) is 4.75. The van der Waals surface area contributed by atoms with Crippen molar-refractivity contribution < 1.29 is 14.3 Å². The molecule has 0 aliphatic heterocycles. The second kappa shape index (κ2) is 7.40. The molecule has 0 saturated heterocycles. The van der Waals surface area contributed by atoms with Crippen LogP contribution in [-0.2, 0) is 9.53 Å². The number of hydrogen-bond acceptors (Lipinski definition) is 5. The largest absolute Gasteiger partial charge is 0.440 e. The molecule has 1 aromatic heterocycles. The first-order valence-corrected chi connectivity index (χ1v) is 8.45. The quantitative estimate of drug-likeness (QED) is 0.645. The molecule has 1 aliphatic rings. The van der Waals surface area contributed by atoms with Crippen molar-refractivity contribution in [3.63, 3.8) is 0 Å². The summed E-state index contributed by atoms with van der Waals surface area (Å²) in [6.45, 7) is 1.98. The van der Waals surface area contributed by atoms with E-state index in [1.165, 1.54) is 6.33 Å². The van der Waals surface area contributed by atoms with E-state index >= 15 is 0 Å². The molecule has 7 nitrogen and oxygen atoms in total. The predicted molar refractivity (Wildman–Crippen MR) is 93.7 cm³/mol. The number of rotatable bonds is 3. The van der Waals surface area contributed by atoms with Crippen LogP contribution < -0.4 is 5.73 Å². The summed E-state index contributed by atoms with van der Waals surface area (Å²) in [6, 6.07) is 7.74. The number of aromatic nitrogens is 3. The van der Waals surface area contributed by atoms with Gasteiger partial charge in [0.05, 0.1) is 0 Å². The number of carbonyl (C=O) groups is 2. The summed E-state index contributed by atoms with van der Waals surface area (Å²) in [6.07, 6.45) is 3.41. The highest BCUT2D eigenvalue weighted by molar-refractivity contribution is 5.85. The fraction of sp³-hybridized carbons (Fsp3) is 0.368. The standard InChI is InChI=1S/C19H20N4O3/c1-13-4-2-5-14(10-13)7-9-19(8-3-6-15(11-19)16(20)24)26-18(25)17-21-12-22-23-17/h2,4-5,10,12,15H,3,6,8,11H2,1H3,(H2,20,24)(H,21,22,23)/t15-,19+/m1/s1. The Kier molecular flexibility index (Phi) is 5.03. The van der Waals surface area contributed by atoms with Crippen LogP contribution in [0.2, 0.25) is 0 Å². The van der Waals surface area contributed by atoms with Gasteiger partial charge < -0.3 is 10.5 Å². The number of H-pyrrole nitrogens is 1. The molecular weight excluding hydrogens is 332 g/mol. The van der Waals surface area contributed by atoms with E-state index in [0.717, 1.165) is 11.1 Å². The predicted octanol–water partition coefficient (Wildman–Crippen LogP) is 1.74. The van der Waals surface area contributed by atoms with Gasteiger partial charge in [0.1, 0.15) is 6.33 Å². The van der Waals surface area contributed by atoms with Crippen LogP contribution in [0, 0.1) is 24.7 Å². The highest BCUT2D eigenvalue weighted by Gasteiger charge is 2.41. The molecular formula is C19H20N4O3. The molecule has 134 valence electrons. The first-order valence-electron chi connectivity index (χ1n) is 8.45. The molecule has 0 radical (unpaired) electrons. The van der Waals surface area contributed by atoms with Gasteiger partial charge in [-0.15, -0.1) is 0 Å². The fourth-order valence-corrected chi connectivity index (χ4v) is 3.15. The zero-order valence-corrected chi connectivity index (χ0v) is 14.5. The molecule has 1 heterocycles. The number of benzene rings is 1.